The number of nitrogens with one attached hydrogen (secondary N) is 1. The van der Waals surface area contributed by atoms with Crippen LogP contribution in [0.3, 0.4) is 0 Å². The third kappa shape index (κ3) is 4.02. The molecule has 2 rings (SSSR count). The van der Waals surface area contributed by atoms with Crippen molar-refractivity contribution in [2.75, 3.05) is 5.32 Å². The maximum atomic E-state index is 12.3. The average molecular weight is 334 g/mol. The number of carboxylic acids is 1. The van der Waals surface area contributed by atoms with Crippen molar-refractivity contribution in [3.05, 3.63) is 58.1 Å². The SMILES string of the molecule is CCCc1ccc(O)c(C(=O)Nc2ccc(C(=O)O)cc2Cl)c1. The number of phenolic OH excluding ortho intramolecular Hbond substituents is 1. The largest absolute Gasteiger partial charge is 0.507 e. The average Bonchev–Trinajstić information content (AvgIpc) is 2.51. The Kier molecular flexibility index (Phi) is 5.24. The van der Waals surface area contributed by atoms with Crippen LogP contribution in [0.25, 0.3) is 0 Å². The van der Waals surface area contributed by atoms with E-state index in [0.717, 1.165) is 18.4 Å². The van der Waals surface area contributed by atoms with Crippen LogP contribution >= 0.6 is 11.6 Å². The summed E-state index contributed by atoms with van der Waals surface area (Å²) in [5.74, 6) is -1.74. The number of benzene rings is 2. The Balaban J connectivity index is 2.25. The van der Waals surface area contributed by atoms with Crippen LogP contribution in [-0.2, 0) is 6.42 Å². The number of aromatic hydroxyl groups is 1. The highest BCUT2D eigenvalue weighted by Crippen LogP contribution is 2.26. The van der Waals surface area contributed by atoms with E-state index in [0.29, 0.717) is 0 Å². The Morgan fingerprint density at radius 3 is 2.52 bits per heavy atom. The maximum absolute atomic E-state index is 12.3. The molecule has 0 aliphatic carbocycles. The zero-order valence-electron chi connectivity index (χ0n) is 12.5. The molecule has 0 saturated carbocycles. The number of aryl methyl sites for hydroxylation is 1. The van der Waals surface area contributed by atoms with Gasteiger partial charge in [-0.1, -0.05) is 31.0 Å². The number of carbonyl (C=O) groups excluding carboxylic acids is 1. The fourth-order valence-electron chi connectivity index (χ4n) is 2.15. The smallest absolute Gasteiger partial charge is 0.335 e. The molecule has 23 heavy (non-hydrogen) atoms. The second-order valence-electron chi connectivity index (χ2n) is 5.06. The van der Waals surface area contributed by atoms with Crippen molar-refractivity contribution in [3.63, 3.8) is 0 Å². The van der Waals surface area contributed by atoms with Gasteiger partial charge in [0.2, 0.25) is 0 Å². The van der Waals surface area contributed by atoms with E-state index in [9.17, 15) is 14.7 Å². The first-order valence-electron chi connectivity index (χ1n) is 7.08. The summed E-state index contributed by atoms with van der Waals surface area (Å²) in [7, 11) is 0. The highest BCUT2D eigenvalue weighted by atomic mass is 35.5. The van der Waals surface area contributed by atoms with Crippen LogP contribution in [0.1, 0.15) is 39.6 Å². The highest BCUT2D eigenvalue weighted by Gasteiger charge is 2.14. The number of anilines is 1. The Bertz CT molecular complexity index is 758. The van der Waals surface area contributed by atoms with Crippen molar-refractivity contribution in [2.24, 2.45) is 0 Å². The number of halogens is 1. The number of phenols is 1. The number of carboxylic acid groups (broad SMARTS) is 1. The monoisotopic (exact) mass is 333 g/mol. The van der Waals surface area contributed by atoms with E-state index in [-0.39, 0.29) is 27.6 Å². The first-order chi connectivity index (χ1) is 10.9. The first kappa shape index (κ1) is 16.8. The van der Waals surface area contributed by atoms with Gasteiger partial charge < -0.3 is 15.5 Å². The lowest BCUT2D eigenvalue weighted by Gasteiger charge is -2.10. The van der Waals surface area contributed by atoms with Gasteiger partial charge in [0.25, 0.3) is 5.91 Å². The summed E-state index contributed by atoms with van der Waals surface area (Å²) in [6.07, 6.45) is 1.73. The summed E-state index contributed by atoms with van der Waals surface area (Å²) < 4.78 is 0. The third-order valence-electron chi connectivity index (χ3n) is 3.31. The molecule has 5 nitrogen and oxygen atoms in total. The molecular weight excluding hydrogens is 318 g/mol. The molecule has 0 heterocycles. The number of carbonyl (C=O) groups is 2. The molecule has 0 atom stereocenters. The molecule has 6 heteroatoms. The molecule has 0 radical (unpaired) electrons. The van der Waals surface area contributed by atoms with Crippen LogP contribution in [0.4, 0.5) is 5.69 Å². The molecule has 0 aliphatic heterocycles. The Morgan fingerprint density at radius 2 is 1.91 bits per heavy atom. The van der Waals surface area contributed by atoms with Crippen molar-refractivity contribution >= 4 is 29.2 Å². The van der Waals surface area contributed by atoms with Gasteiger partial charge in [-0.25, -0.2) is 4.79 Å². The first-order valence-corrected chi connectivity index (χ1v) is 7.46. The molecule has 0 unspecified atom stereocenters. The van der Waals surface area contributed by atoms with Crippen LogP contribution in [0, 0.1) is 0 Å². The van der Waals surface area contributed by atoms with Gasteiger partial charge in [-0.3, -0.25) is 4.79 Å². The number of hydrogen-bond acceptors (Lipinski definition) is 3. The van der Waals surface area contributed by atoms with Gasteiger partial charge in [-0.15, -0.1) is 0 Å². The molecule has 120 valence electrons. The minimum Gasteiger partial charge on any atom is -0.507 e. The predicted octanol–water partition coefficient (Wildman–Crippen LogP) is 3.95. The molecule has 0 fully saturated rings. The Morgan fingerprint density at radius 1 is 1.17 bits per heavy atom. The molecule has 1 amide bonds. The van der Waals surface area contributed by atoms with Gasteiger partial charge in [0.15, 0.2) is 0 Å². The van der Waals surface area contributed by atoms with E-state index in [4.69, 9.17) is 16.7 Å². The fourth-order valence-corrected chi connectivity index (χ4v) is 2.38. The normalized spacial score (nSPS) is 10.3. The van der Waals surface area contributed by atoms with Gasteiger partial charge in [-0.2, -0.15) is 0 Å². The lowest BCUT2D eigenvalue weighted by atomic mass is 10.1. The topological polar surface area (TPSA) is 86.6 Å². The fraction of sp³-hybridized carbons (Fsp3) is 0.176. The summed E-state index contributed by atoms with van der Waals surface area (Å²) in [5.41, 5.74) is 1.40. The molecule has 0 saturated heterocycles. The summed E-state index contributed by atoms with van der Waals surface area (Å²) in [6.45, 7) is 2.02. The van der Waals surface area contributed by atoms with Crippen molar-refractivity contribution in [3.8, 4) is 5.75 Å². The summed E-state index contributed by atoms with van der Waals surface area (Å²) >= 11 is 5.99. The van der Waals surface area contributed by atoms with E-state index < -0.39 is 11.9 Å². The van der Waals surface area contributed by atoms with Crippen LogP contribution in [0.5, 0.6) is 5.75 Å². The molecule has 0 aromatic heterocycles. The number of hydrogen-bond donors (Lipinski definition) is 3. The van der Waals surface area contributed by atoms with Crippen LogP contribution in [-0.4, -0.2) is 22.1 Å². The molecule has 0 bridgehead atoms. The second kappa shape index (κ2) is 7.15. The van der Waals surface area contributed by atoms with Gasteiger partial charge in [0.1, 0.15) is 5.75 Å². The molecular formula is C17H16ClNO4. The Labute approximate surface area is 138 Å². The van der Waals surface area contributed by atoms with Crippen LogP contribution in [0.15, 0.2) is 36.4 Å². The number of aromatic carboxylic acids is 1. The van der Waals surface area contributed by atoms with Crippen molar-refractivity contribution in [2.45, 2.75) is 19.8 Å². The molecule has 0 spiro atoms. The summed E-state index contributed by atoms with van der Waals surface area (Å²) in [5, 5.41) is 21.5. The number of rotatable bonds is 5. The summed E-state index contributed by atoms with van der Waals surface area (Å²) in [6, 6.07) is 8.90. The molecule has 3 N–H and O–H groups in total. The standard InChI is InChI=1S/C17H16ClNO4/c1-2-3-10-4-7-15(20)12(8-10)16(21)19-14-6-5-11(17(22)23)9-13(14)18/h4-9,20H,2-3H2,1H3,(H,19,21)(H,22,23). The lowest BCUT2D eigenvalue weighted by Crippen LogP contribution is -2.13. The minimum absolute atomic E-state index is 0.0285. The van der Waals surface area contributed by atoms with Gasteiger partial charge >= 0.3 is 5.97 Å². The van der Waals surface area contributed by atoms with Crippen LogP contribution < -0.4 is 5.32 Å². The predicted molar refractivity (Wildman–Crippen MR) is 88.5 cm³/mol. The van der Waals surface area contributed by atoms with E-state index in [1.807, 2.05) is 6.92 Å². The van der Waals surface area contributed by atoms with Crippen molar-refractivity contribution < 1.29 is 19.8 Å². The van der Waals surface area contributed by atoms with E-state index in [1.165, 1.54) is 24.3 Å². The van der Waals surface area contributed by atoms with Gasteiger partial charge in [-0.05, 0) is 42.3 Å². The van der Waals surface area contributed by atoms with Crippen LogP contribution in [0.2, 0.25) is 5.02 Å². The van der Waals surface area contributed by atoms with E-state index in [2.05, 4.69) is 5.32 Å². The third-order valence-corrected chi connectivity index (χ3v) is 3.62. The molecule has 2 aromatic rings. The second-order valence-corrected chi connectivity index (χ2v) is 5.46. The van der Waals surface area contributed by atoms with E-state index in [1.54, 1.807) is 12.1 Å². The Hall–Kier alpha value is -2.53. The van der Waals surface area contributed by atoms with Crippen molar-refractivity contribution in [1.29, 1.82) is 0 Å². The zero-order valence-corrected chi connectivity index (χ0v) is 13.2. The van der Waals surface area contributed by atoms with Gasteiger partial charge in [0, 0.05) is 0 Å². The molecule has 0 aliphatic rings. The minimum atomic E-state index is -1.10. The summed E-state index contributed by atoms with van der Waals surface area (Å²) in [4.78, 5) is 23.2. The number of amides is 1. The van der Waals surface area contributed by atoms with E-state index >= 15 is 0 Å². The lowest BCUT2D eigenvalue weighted by molar-refractivity contribution is 0.0696. The molecule has 2 aromatic carbocycles. The van der Waals surface area contributed by atoms with Gasteiger partial charge in [0.05, 0.1) is 21.8 Å². The van der Waals surface area contributed by atoms with Crippen molar-refractivity contribution in [1.82, 2.24) is 0 Å². The zero-order chi connectivity index (χ0) is 17.0. The highest BCUT2D eigenvalue weighted by molar-refractivity contribution is 6.34. The quantitative estimate of drug-likeness (QED) is 0.773. The maximum Gasteiger partial charge on any atom is 0.335 e.